The van der Waals surface area contributed by atoms with Gasteiger partial charge in [-0.2, -0.15) is 9.41 Å². The third-order valence-corrected chi connectivity index (χ3v) is 10.6. The van der Waals surface area contributed by atoms with Gasteiger partial charge in [0.2, 0.25) is 15.2 Å². The average Bonchev–Trinajstić information content (AvgIpc) is 3.78. The fourth-order valence-corrected chi connectivity index (χ4v) is 7.80. The summed E-state index contributed by atoms with van der Waals surface area (Å²) in [4.78, 5) is 6.32. The van der Waals surface area contributed by atoms with Crippen molar-refractivity contribution in [2.24, 2.45) is 5.10 Å². The van der Waals surface area contributed by atoms with Crippen molar-refractivity contribution in [2.75, 3.05) is 45.5 Å². The van der Waals surface area contributed by atoms with Crippen LogP contribution in [0.4, 0.5) is 5.13 Å². The molecule has 9 nitrogen and oxygen atoms in total. The number of aromatic nitrogens is 1. The molecule has 0 N–H and O–H groups in total. The molecule has 12 heteroatoms. The highest BCUT2D eigenvalue weighted by molar-refractivity contribution is 7.89. The topological polar surface area (TPSA) is 93.6 Å². The zero-order chi connectivity index (χ0) is 27.7. The third kappa shape index (κ3) is 5.13. The Labute approximate surface area is 241 Å². The monoisotopic (exact) mass is 596 g/mol. The van der Waals surface area contributed by atoms with Gasteiger partial charge in [-0.25, -0.2) is 18.4 Å². The van der Waals surface area contributed by atoms with Crippen molar-refractivity contribution >= 4 is 43.5 Å². The van der Waals surface area contributed by atoms with E-state index in [1.165, 1.54) is 15.6 Å². The van der Waals surface area contributed by atoms with E-state index < -0.39 is 10.0 Å². The fourth-order valence-electron chi connectivity index (χ4n) is 4.83. The molecule has 1 fully saturated rings. The number of rotatable bonds is 8. The van der Waals surface area contributed by atoms with E-state index in [0.717, 1.165) is 39.0 Å². The molecule has 2 aromatic heterocycles. The lowest BCUT2D eigenvalue weighted by molar-refractivity contribution is 0.0730. The first-order valence-corrected chi connectivity index (χ1v) is 15.9. The molecule has 0 saturated carbocycles. The smallest absolute Gasteiger partial charge is 0.243 e. The van der Waals surface area contributed by atoms with E-state index in [2.05, 4.69) is 11.4 Å². The van der Waals surface area contributed by atoms with Gasteiger partial charge in [0.05, 0.1) is 54.7 Å². The van der Waals surface area contributed by atoms with Gasteiger partial charge < -0.3 is 14.2 Å². The molecule has 6 rings (SSSR count). The van der Waals surface area contributed by atoms with E-state index in [9.17, 15) is 8.42 Å². The number of morpholine rings is 1. The van der Waals surface area contributed by atoms with Crippen LogP contribution in [0.15, 0.2) is 75.4 Å². The molecule has 0 radical (unpaired) electrons. The van der Waals surface area contributed by atoms with Gasteiger partial charge in [0.15, 0.2) is 11.5 Å². The molecule has 2 aliphatic heterocycles. The predicted octanol–water partition coefficient (Wildman–Crippen LogP) is 5.27. The van der Waals surface area contributed by atoms with Crippen LogP contribution >= 0.6 is 22.7 Å². The lowest BCUT2D eigenvalue weighted by Crippen LogP contribution is -2.40. The van der Waals surface area contributed by atoms with Gasteiger partial charge >= 0.3 is 0 Å². The van der Waals surface area contributed by atoms with Crippen LogP contribution in [-0.4, -0.2) is 63.9 Å². The summed E-state index contributed by atoms with van der Waals surface area (Å²) in [7, 11) is -0.299. The zero-order valence-corrected chi connectivity index (χ0v) is 24.5. The van der Waals surface area contributed by atoms with Crippen molar-refractivity contribution in [1.29, 1.82) is 0 Å². The zero-order valence-electron chi connectivity index (χ0n) is 22.0. The van der Waals surface area contributed by atoms with Gasteiger partial charge in [-0.1, -0.05) is 24.3 Å². The summed E-state index contributed by atoms with van der Waals surface area (Å²) < 4.78 is 43.8. The normalized spacial score (nSPS) is 18.1. The maximum Gasteiger partial charge on any atom is 0.243 e. The number of hydrogen-bond acceptors (Lipinski definition) is 10. The van der Waals surface area contributed by atoms with E-state index in [-0.39, 0.29) is 10.9 Å². The number of hydrazone groups is 1. The molecule has 4 aromatic rings. The Bertz CT molecular complexity index is 1610. The van der Waals surface area contributed by atoms with Crippen LogP contribution in [0, 0.1) is 0 Å². The number of nitrogens with zero attached hydrogens (tertiary/aromatic N) is 4. The Morgan fingerprint density at radius 3 is 2.45 bits per heavy atom. The maximum atomic E-state index is 13.0. The van der Waals surface area contributed by atoms with Gasteiger partial charge in [-0.3, -0.25) is 0 Å². The summed E-state index contributed by atoms with van der Waals surface area (Å²) in [6.45, 7) is 1.56. The van der Waals surface area contributed by atoms with E-state index in [1.807, 2.05) is 46.8 Å². The van der Waals surface area contributed by atoms with E-state index >= 15 is 0 Å². The molecule has 40 heavy (non-hydrogen) atoms. The number of sulfonamides is 1. The van der Waals surface area contributed by atoms with Crippen LogP contribution in [0.25, 0.3) is 11.3 Å². The van der Waals surface area contributed by atoms with Crippen molar-refractivity contribution in [3.05, 3.63) is 75.8 Å². The SMILES string of the molecule is COc1ccc(C2CC(c3cccs3)=NN2c2nc(-c3ccc(S(=O)(=O)N4CCOCC4)cc3)cs2)cc1OC. The molecule has 2 aliphatic rings. The van der Waals surface area contributed by atoms with E-state index in [4.69, 9.17) is 24.3 Å². The summed E-state index contributed by atoms with van der Waals surface area (Å²) in [5.74, 6) is 1.34. The summed E-state index contributed by atoms with van der Waals surface area (Å²) in [6, 6.07) is 16.9. The van der Waals surface area contributed by atoms with Crippen molar-refractivity contribution in [3.8, 4) is 22.8 Å². The Kier molecular flexibility index (Phi) is 7.60. The van der Waals surface area contributed by atoms with Gasteiger partial charge in [0.1, 0.15) is 0 Å². The Morgan fingerprint density at radius 2 is 1.75 bits per heavy atom. The van der Waals surface area contributed by atoms with Gasteiger partial charge in [-0.15, -0.1) is 22.7 Å². The number of thiophene rings is 1. The van der Waals surface area contributed by atoms with Gasteiger partial charge in [0, 0.05) is 30.5 Å². The third-order valence-electron chi connectivity index (χ3n) is 6.95. The molecular formula is C28H28N4O5S3. The first kappa shape index (κ1) is 26.9. The largest absolute Gasteiger partial charge is 0.493 e. The second-order valence-corrected chi connectivity index (χ2v) is 13.0. The molecule has 1 atom stereocenters. The molecule has 0 amide bonds. The fraction of sp³-hybridized carbons (Fsp3) is 0.286. The van der Waals surface area contributed by atoms with Crippen LogP contribution < -0.4 is 14.5 Å². The van der Waals surface area contributed by atoms with Crippen LogP contribution in [0.1, 0.15) is 22.9 Å². The highest BCUT2D eigenvalue weighted by Gasteiger charge is 2.33. The van der Waals surface area contributed by atoms with E-state index in [0.29, 0.717) is 37.8 Å². The standard InChI is InChI=1S/C28H28N4O5S3/c1-35-25-10-7-20(16-26(25)36-2)24-17-22(27-4-3-15-38-27)30-32(24)28-29-23(18-39-28)19-5-8-21(9-6-19)40(33,34)31-11-13-37-14-12-31/h3-10,15-16,18,24H,11-14,17H2,1-2H3. The Morgan fingerprint density at radius 1 is 0.975 bits per heavy atom. The predicted molar refractivity (Wildman–Crippen MR) is 157 cm³/mol. The lowest BCUT2D eigenvalue weighted by Gasteiger charge is -2.26. The minimum absolute atomic E-state index is 0.0723. The van der Waals surface area contributed by atoms with Gasteiger partial charge in [-0.05, 0) is 41.3 Å². The summed E-state index contributed by atoms with van der Waals surface area (Å²) in [5, 5.41) is 11.8. The van der Waals surface area contributed by atoms with Crippen LogP contribution in [0.5, 0.6) is 11.5 Å². The quantitative estimate of drug-likeness (QED) is 0.274. The highest BCUT2D eigenvalue weighted by atomic mass is 32.2. The van der Waals surface area contributed by atoms with Crippen molar-refractivity contribution in [3.63, 3.8) is 0 Å². The maximum absolute atomic E-state index is 13.0. The van der Waals surface area contributed by atoms with E-state index in [1.54, 1.807) is 37.7 Å². The van der Waals surface area contributed by atoms with Crippen molar-refractivity contribution < 1.29 is 22.6 Å². The summed E-state index contributed by atoms with van der Waals surface area (Å²) >= 11 is 3.17. The molecular weight excluding hydrogens is 569 g/mol. The summed E-state index contributed by atoms with van der Waals surface area (Å²) in [6.07, 6.45) is 0.721. The number of methoxy groups -OCH3 is 2. The first-order valence-electron chi connectivity index (χ1n) is 12.7. The van der Waals surface area contributed by atoms with Crippen LogP contribution in [0.2, 0.25) is 0 Å². The number of thiazole rings is 1. The number of anilines is 1. The van der Waals surface area contributed by atoms with Crippen LogP contribution in [0.3, 0.4) is 0 Å². The van der Waals surface area contributed by atoms with Gasteiger partial charge in [0.25, 0.3) is 0 Å². The second kappa shape index (κ2) is 11.3. The number of hydrogen-bond donors (Lipinski definition) is 0. The molecule has 2 aromatic carbocycles. The average molecular weight is 597 g/mol. The molecule has 0 bridgehead atoms. The molecule has 4 heterocycles. The number of benzene rings is 2. The first-order chi connectivity index (χ1) is 19.5. The molecule has 0 spiro atoms. The Hall–Kier alpha value is -3.29. The summed E-state index contributed by atoms with van der Waals surface area (Å²) in [5.41, 5.74) is 3.65. The molecule has 0 aliphatic carbocycles. The molecule has 208 valence electrons. The minimum atomic E-state index is -3.55. The molecule has 1 saturated heterocycles. The second-order valence-electron chi connectivity index (χ2n) is 9.26. The minimum Gasteiger partial charge on any atom is -0.493 e. The number of ether oxygens (including phenoxy) is 3. The highest BCUT2D eigenvalue weighted by Crippen LogP contribution is 2.42. The molecule has 1 unspecified atom stereocenters. The lowest BCUT2D eigenvalue weighted by atomic mass is 10.0. The Balaban J connectivity index is 1.29. The van der Waals surface area contributed by atoms with Crippen molar-refractivity contribution in [2.45, 2.75) is 17.4 Å². The van der Waals surface area contributed by atoms with Crippen LogP contribution in [-0.2, 0) is 14.8 Å². The van der Waals surface area contributed by atoms with Crippen molar-refractivity contribution in [1.82, 2.24) is 9.29 Å².